The van der Waals surface area contributed by atoms with Gasteiger partial charge in [-0.2, -0.15) is 0 Å². The lowest BCUT2D eigenvalue weighted by molar-refractivity contribution is -0.274. The molecule has 124 valence electrons. The molecule has 0 radical (unpaired) electrons. The fraction of sp³-hybridized carbons (Fsp3) is 0.0769. The van der Waals surface area contributed by atoms with E-state index in [0.29, 0.717) is 6.07 Å². The second-order valence-corrected chi connectivity index (χ2v) is 5.93. The average Bonchev–Trinajstić information content (AvgIpc) is 2.41. The second kappa shape index (κ2) is 6.03. The lowest BCUT2D eigenvalue weighted by Crippen LogP contribution is -2.17. The van der Waals surface area contributed by atoms with Gasteiger partial charge in [0.1, 0.15) is 17.4 Å². The molecule has 0 atom stereocenters. The molecule has 0 saturated carbocycles. The lowest BCUT2D eigenvalue weighted by Gasteiger charge is -2.11. The number of nitrogens with one attached hydrogen (secondary N) is 1. The van der Waals surface area contributed by atoms with Gasteiger partial charge in [0.05, 0.1) is 10.6 Å². The summed E-state index contributed by atoms with van der Waals surface area (Å²) < 4.78 is 91.9. The Morgan fingerprint density at radius 2 is 1.57 bits per heavy atom. The van der Waals surface area contributed by atoms with Crippen LogP contribution >= 0.6 is 0 Å². The molecule has 2 rings (SSSR count). The van der Waals surface area contributed by atoms with Crippen molar-refractivity contribution in [2.45, 2.75) is 11.3 Å². The molecule has 0 fully saturated rings. The van der Waals surface area contributed by atoms with E-state index in [1.54, 1.807) is 4.72 Å². The minimum atomic E-state index is -4.91. The van der Waals surface area contributed by atoms with Crippen LogP contribution in [0.15, 0.2) is 47.4 Å². The second-order valence-electron chi connectivity index (χ2n) is 4.25. The first kappa shape index (κ1) is 17.0. The predicted octanol–water partition coefficient (Wildman–Crippen LogP) is 3.66. The highest BCUT2D eigenvalue weighted by atomic mass is 32.2. The SMILES string of the molecule is O=S(=O)(Nc1cc(F)ccc1F)c1ccc(OC(F)(F)F)cc1. The van der Waals surface area contributed by atoms with Crippen LogP contribution in [-0.2, 0) is 10.0 Å². The van der Waals surface area contributed by atoms with Gasteiger partial charge >= 0.3 is 6.36 Å². The van der Waals surface area contributed by atoms with Crippen molar-refractivity contribution in [3.05, 3.63) is 54.1 Å². The summed E-state index contributed by atoms with van der Waals surface area (Å²) in [6, 6.07) is 5.40. The maximum absolute atomic E-state index is 13.4. The molecule has 0 aliphatic rings. The van der Waals surface area contributed by atoms with Crippen molar-refractivity contribution in [1.82, 2.24) is 0 Å². The predicted molar refractivity (Wildman–Crippen MR) is 70.3 cm³/mol. The Labute approximate surface area is 127 Å². The van der Waals surface area contributed by atoms with E-state index < -0.39 is 44.4 Å². The molecule has 23 heavy (non-hydrogen) atoms. The first-order chi connectivity index (χ1) is 10.6. The maximum Gasteiger partial charge on any atom is 0.573 e. The van der Waals surface area contributed by atoms with Crippen LogP contribution in [-0.4, -0.2) is 14.8 Å². The minimum absolute atomic E-state index is 0.448. The molecular weight excluding hydrogens is 345 g/mol. The van der Waals surface area contributed by atoms with Crippen LogP contribution in [0.25, 0.3) is 0 Å². The molecule has 2 aromatic rings. The summed E-state index contributed by atoms with van der Waals surface area (Å²) in [7, 11) is -4.31. The smallest absolute Gasteiger partial charge is 0.406 e. The molecule has 0 saturated heterocycles. The van der Waals surface area contributed by atoms with Crippen molar-refractivity contribution in [2.24, 2.45) is 0 Å². The highest BCUT2D eigenvalue weighted by Gasteiger charge is 2.31. The van der Waals surface area contributed by atoms with Crippen LogP contribution in [0.3, 0.4) is 0 Å². The zero-order valence-electron chi connectivity index (χ0n) is 11.1. The van der Waals surface area contributed by atoms with E-state index in [-0.39, 0.29) is 0 Å². The van der Waals surface area contributed by atoms with E-state index in [0.717, 1.165) is 36.4 Å². The molecule has 0 unspecified atom stereocenters. The number of anilines is 1. The summed E-state index contributed by atoms with van der Waals surface area (Å²) in [5, 5.41) is 0. The van der Waals surface area contributed by atoms with E-state index in [1.807, 2.05) is 0 Å². The number of sulfonamides is 1. The van der Waals surface area contributed by atoms with Gasteiger partial charge in [0, 0.05) is 6.07 Å². The Balaban J connectivity index is 2.24. The molecule has 0 aromatic heterocycles. The van der Waals surface area contributed by atoms with Gasteiger partial charge in [-0.3, -0.25) is 4.72 Å². The fourth-order valence-corrected chi connectivity index (χ4v) is 2.66. The molecule has 0 heterocycles. The monoisotopic (exact) mass is 353 g/mol. The molecule has 4 nitrogen and oxygen atoms in total. The van der Waals surface area contributed by atoms with Crippen LogP contribution in [0.2, 0.25) is 0 Å². The van der Waals surface area contributed by atoms with Gasteiger partial charge in [0.15, 0.2) is 0 Å². The minimum Gasteiger partial charge on any atom is -0.406 e. The molecule has 0 aliphatic heterocycles. The third-order valence-electron chi connectivity index (χ3n) is 2.54. The molecule has 0 spiro atoms. The zero-order chi connectivity index (χ0) is 17.3. The van der Waals surface area contributed by atoms with Crippen molar-refractivity contribution >= 4 is 15.7 Å². The highest BCUT2D eigenvalue weighted by Crippen LogP contribution is 2.25. The summed E-state index contributed by atoms with van der Waals surface area (Å²) in [6.07, 6.45) is -4.91. The molecule has 1 N–H and O–H groups in total. The van der Waals surface area contributed by atoms with Crippen LogP contribution in [0, 0.1) is 11.6 Å². The van der Waals surface area contributed by atoms with E-state index in [2.05, 4.69) is 4.74 Å². The summed E-state index contributed by atoms with van der Waals surface area (Å²) in [6.45, 7) is 0. The average molecular weight is 353 g/mol. The molecule has 10 heteroatoms. The standard InChI is InChI=1S/C13H8F5NO3S/c14-8-1-6-11(15)12(7-8)19-23(20,21)10-4-2-9(3-5-10)22-13(16,17)18/h1-7,19H. The number of hydrogen-bond donors (Lipinski definition) is 1. The largest absolute Gasteiger partial charge is 0.573 e. The molecule has 0 amide bonds. The number of benzene rings is 2. The quantitative estimate of drug-likeness (QED) is 0.854. The highest BCUT2D eigenvalue weighted by molar-refractivity contribution is 7.92. The van der Waals surface area contributed by atoms with Crippen molar-refractivity contribution in [2.75, 3.05) is 4.72 Å². The Kier molecular flexibility index (Phi) is 4.46. The van der Waals surface area contributed by atoms with E-state index >= 15 is 0 Å². The van der Waals surface area contributed by atoms with Crippen molar-refractivity contribution in [3.8, 4) is 5.75 Å². The number of hydrogen-bond acceptors (Lipinski definition) is 3. The van der Waals surface area contributed by atoms with Gasteiger partial charge in [-0.15, -0.1) is 13.2 Å². The lowest BCUT2D eigenvalue weighted by atomic mass is 10.3. The summed E-state index contributed by atoms with van der Waals surface area (Å²) in [4.78, 5) is -0.448. The van der Waals surface area contributed by atoms with Gasteiger partial charge < -0.3 is 4.74 Å². The number of ether oxygens (including phenoxy) is 1. The van der Waals surface area contributed by atoms with Crippen molar-refractivity contribution < 1.29 is 35.1 Å². The number of halogens is 5. The molecular formula is C13H8F5NO3S. The Morgan fingerprint density at radius 3 is 2.13 bits per heavy atom. The summed E-state index contributed by atoms with van der Waals surface area (Å²) in [5.74, 6) is -2.49. The van der Waals surface area contributed by atoms with Crippen LogP contribution in [0.4, 0.5) is 27.6 Å². The molecule has 0 aliphatic carbocycles. The zero-order valence-corrected chi connectivity index (χ0v) is 11.9. The first-order valence-corrected chi connectivity index (χ1v) is 7.39. The van der Waals surface area contributed by atoms with Crippen LogP contribution < -0.4 is 9.46 Å². The van der Waals surface area contributed by atoms with Gasteiger partial charge in [0.2, 0.25) is 0 Å². The Morgan fingerprint density at radius 1 is 0.957 bits per heavy atom. The normalized spacial score (nSPS) is 12.0. The summed E-state index contributed by atoms with van der Waals surface area (Å²) in [5.41, 5.74) is -0.624. The Bertz CT molecular complexity index is 803. The van der Waals surface area contributed by atoms with Gasteiger partial charge in [0.25, 0.3) is 10.0 Å². The van der Waals surface area contributed by atoms with Crippen LogP contribution in [0.1, 0.15) is 0 Å². The van der Waals surface area contributed by atoms with Gasteiger partial charge in [-0.25, -0.2) is 17.2 Å². The van der Waals surface area contributed by atoms with E-state index in [1.165, 1.54) is 0 Å². The summed E-state index contributed by atoms with van der Waals surface area (Å²) >= 11 is 0. The maximum atomic E-state index is 13.4. The topological polar surface area (TPSA) is 55.4 Å². The van der Waals surface area contributed by atoms with Crippen LogP contribution in [0.5, 0.6) is 5.75 Å². The van der Waals surface area contributed by atoms with Gasteiger partial charge in [-0.05, 0) is 36.4 Å². The van der Waals surface area contributed by atoms with Crippen molar-refractivity contribution in [1.29, 1.82) is 0 Å². The number of alkyl halides is 3. The third-order valence-corrected chi connectivity index (χ3v) is 3.92. The Hall–Kier alpha value is -2.36. The van der Waals surface area contributed by atoms with Gasteiger partial charge in [-0.1, -0.05) is 0 Å². The molecule has 0 bridgehead atoms. The molecule has 2 aromatic carbocycles. The van der Waals surface area contributed by atoms with Crippen molar-refractivity contribution in [3.63, 3.8) is 0 Å². The third kappa shape index (κ3) is 4.55. The first-order valence-electron chi connectivity index (χ1n) is 5.90. The van der Waals surface area contributed by atoms with E-state index in [9.17, 15) is 30.4 Å². The number of rotatable bonds is 4. The fourth-order valence-electron chi connectivity index (χ4n) is 1.60. The van der Waals surface area contributed by atoms with E-state index in [4.69, 9.17) is 0 Å².